The molecule has 7 nitrogen and oxygen atoms in total. The number of urea groups is 1. The zero-order valence-electron chi connectivity index (χ0n) is 12.8. The van der Waals surface area contributed by atoms with Gasteiger partial charge in [0.05, 0.1) is 5.56 Å². The van der Waals surface area contributed by atoms with Gasteiger partial charge in [0.25, 0.3) is 11.8 Å². The summed E-state index contributed by atoms with van der Waals surface area (Å²) in [6.07, 6.45) is 1.25. The molecule has 0 aliphatic carbocycles. The molecular weight excluding hydrogens is 324 g/mol. The zero-order chi connectivity index (χ0) is 17.8. The van der Waals surface area contributed by atoms with Gasteiger partial charge in [0, 0.05) is 5.56 Å². The number of carbonyl (C=O) groups excluding carboxylic acids is 4. The summed E-state index contributed by atoms with van der Waals surface area (Å²) in [4.78, 5) is 46.9. The van der Waals surface area contributed by atoms with Crippen LogP contribution in [0, 0.1) is 0 Å². The molecule has 1 aliphatic heterocycles. The van der Waals surface area contributed by atoms with Crippen molar-refractivity contribution in [3.05, 3.63) is 71.3 Å². The molecular formula is C18H12N2O5. The molecule has 0 spiro atoms. The number of benzene rings is 2. The molecule has 0 atom stereocenters. The molecule has 0 bridgehead atoms. The lowest BCUT2D eigenvalue weighted by Crippen LogP contribution is -2.51. The number of hydrogen-bond acceptors (Lipinski definition) is 5. The quantitative estimate of drug-likeness (QED) is 0.384. The van der Waals surface area contributed by atoms with E-state index in [2.05, 4.69) is 0 Å². The van der Waals surface area contributed by atoms with Crippen LogP contribution in [0.25, 0.3) is 6.08 Å². The summed E-state index contributed by atoms with van der Waals surface area (Å²) in [5.41, 5.74) is 0.452. The first-order valence-electron chi connectivity index (χ1n) is 7.29. The van der Waals surface area contributed by atoms with Crippen LogP contribution in [-0.4, -0.2) is 23.8 Å². The standard InChI is InChI=1S/C18H12N2O5/c21-15-13(16(22)20-18(24)19-15)10-12-8-4-5-9-14(12)25-17(23)11-6-2-1-3-7-11/h1-10H,(H2,19,20,21,22,24). The van der Waals surface area contributed by atoms with Gasteiger partial charge in [-0.05, 0) is 24.3 Å². The second-order valence-corrected chi connectivity index (χ2v) is 5.09. The molecule has 1 saturated heterocycles. The SMILES string of the molecule is O=C1NC(=O)C(=Cc2ccccc2OC(=O)c2ccccc2)C(=O)N1. The monoisotopic (exact) mass is 336 g/mol. The van der Waals surface area contributed by atoms with Crippen LogP contribution in [0.1, 0.15) is 15.9 Å². The Bertz CT molecular complexity index is 881. The van der Waals surface area contributed by atoms with E-state index in [1.807, 2.05) is 10.6 Å². The number of nitrogens with one attached hydrogen (secondary N) is 2. The number of para-hydroxylation sites is 1. The van der Waals surface area contributed by atoms with Crippen molar-refractivity contribution in [2.45, 2.75) is 0 Å². The van der Waals surface area contributed by atoms with E-state index < -0.39 is 23.8 Å². The minimum absolute atomic E-state index is 0.182. The van der Waals surface area contributed by atoms with Gasteiger partial charge in [-0.3, -0.25) is 20.2 Å². The van der Waals surface area contributed by atoms with E-state index in [1.54, 1.807) is 48.5 Å². The van der Waals surface area contributed by atoms with Gasteiger partial charge in [0.2, 0.25) is 0 Å². The topological polar surface area (TPSA) is 102 Å². The van der Waals surface area contributed by atoms with Gasteiger partial charge in [-0.15, -0.1) is 0 Å². The van der Waals surface area contributed by atoms with Crippen LogP contribution in [0.5, 0.6) is 5.75 Å². The van der Waals surface area contributed by atoms with E-state index >= 15 is 0 Å². The average molecular weight is 336 g/mol. The van der Waals surface area contributed by atoms with Crippen LogP contribution in [0.15, 0.2) is 60.2 Å². The summed E-state index contributed by atoms with van der Waals surface area (Å²) < 4.78 is 5.35. The number of ether oxygens (including phenoxy) is 1. The molecule has 0 aromatic heterocycles. The van der Waals surface area contributed by atoms with E-state index in [4.69, 9.17) is 4.74 Å². The second kappa shape index (κ2) is 6.79. The number of imide groups is 2. The molecule has 25 heavy (non-hydrogen) atoms. The zero-order valence-corrected chi connectivity index (χ0v) is 12.8. The number of carbonyl (C=O) groups is 4. The summed E-state index contributed by atoms with van der Waals surface area (Å²) >= 11 is 0. The van der Waals surface area contributed by atoms with Crippen molar-refractivity contribution in [1.29, 1.82) is 0 Å². The Balaban J connectivity index is 1.90. The highest BCUT2D eigenvalue weighted by Gasteiger charge is 2.28. The van der Waals surface area contributed by atoms with Gasteiger partial charge in [-0.1, -0.05) is 36.4 Å². The fourth-order valence-corrected chi connectivity index (χ4v) is 2.19. The smallest absolute Gasteiger partial charge is 0.343 e. The number of hydrogen-bond donors (Lipinski definition) is 2. The Morgan fingerprint density at radius 2 is 1.44 bits per heavy atom. The fraction of sp³-hybridized carbons (Fsp3) is 0. The highest BCUT2D eigenvalue weighted by atomic mass is 16.5. The van der Waals surface area contributed by atoms with E-state index in [1.165, 1.54) is 12.1 Å². The van der Waals surface area contributed by atoms with Crippen molar-refractivity contribution in [3.8, 4) is 5.75 Å². The van der Waals surface area contributed by atoms with Crippen molar-refractivity contribution < 1.29 is 23.9 Å². The highest BCUT2D eigenvalue weighted by molar-refractivity contribution is 6.31. The van der Waals surface area contributed by atoms with Crippen molar-refractivity contribution in [1.82, 2.24) is 10.6 Å². The molecule has 1 heterocycles. The Morgan fingerprint density at radius 3 is 2.12 bits per heavy atom. The molecule has 0 unspecified atom stereocenters. The van der Waals surface area contributed by atoms with Crippen molar-refractivity contribution >= 4 is 29.9 Å². The summed E-state index contributed by atoms with van der Waals surface area (Å²) in [6.45, 7) is 0. The first-order chi connectivity index (χ1) is 12.0. The lowest BCUT2D eigenvalue weighted by molar-refractivity contribution is -0.123. The van der Waals surface area contributed by atoms with Crippen LogP contribution >= 0.6 is 0 Å². The third-order valence-electron chi connectivity index (χ3n) is 3.37. The minimum atomic E-state index is -0.879. The first kappa shape index (κ1) is 16.1. The molecule has 0 saturated carbocycles. The van der Waals surface area contributed by atoms with Crippen LogP contribution in [-0.2, 0) is 9.59 Å². The number of rotatable bonds is 3. The van der Waals surface area contributed by atoms with Gasteiger partial charge in [-0.2, -0.15) is 0 Å². The predicted molar refractivity (Wildman–Crippen MR) is 87.5 cm³/mol. The molecule has 124 valence electrons. The summed E-state index contributed by atoms with van der Waals surface area (Å²) in [5, 5.41) is 3.96. The maximum absolute atomic E-state index is 12.2. The molecule has 1 aliphatic rings. The Labute approximate surface area is 142 Å². The fourth-order valence-electron chi connectivity index (χ4n) is 2.19. The molecule has 4 amide bonds. The van der Waals surface area contributed by atoms with Crippen molar-refractivity contribution in [2.75, 3.05) is 0 Å². The number of barbiturate groups is 1. The lowest BCUT2D eigenvalue weighted by Gasteiger charge is -2.14. The van der Waals surface area contributed by atoms with E-state index in [-0.39, 0.29) is 11.3 Å². The molecule has 2 aromatic carbocycles. The first-order valence-corrected chi connectivity index (χ1v) is 7.29. The highest BCUT2D eigenvalue weighted by Crippen LogP contribution is 2.23. The largest absolute Gasteiger partial charge is 0.422 e. The van der Waals surface area contributed by atoms with Gasteiger partial charge < -0.3 is 4.74 Å². The van der Waals surface area contributed by atoms with E-state index in [9.17, 15) is 19.2 Å². The van der Waals surface area contributed by atoms with Crippen LogP contribution in [0.3, 0.4) is 0 Å². The molecule has 2 aromatic rings. The van der Waals surface area contributed by atoms with Gasteiger partial charge >= 0.3 is 12.0 Å². The average Bonchev–Trinajstić information content (AvgIpc) is 2.60. The van der Waals surface area contributed by atoms with Gasteiger partial charge in [-0.25, -0.2) is 9.59 Å². The molecule has 3 rings (SSSR count). The van der Waals surface area contributed by atoms with Crippen LogP contribution < -0.4 is 15.4 Å². The maximum Gasteiger partial charge on any atom is 0.343 e. The Hall–Kier alpha value is -3.74. The van der Waals surface area contributed by atoms with Crippen LogP contribution in [0.4, 0.5) is 4.79 Å². The second-order valence-electron chi connectivity index (χ2n) is 5.09. The summed E-state index contributed by atoms with van der Waals surface area (Å²) in [6, 6.07) is 14.0. The van der Waals surface area contributed by atoms with Crippen molar-refractivity contribution in [2.24, 2.45) is 0 Å². The molecule has 2 N–H and O–H groups in total. The summed E-state index contributed by atoms with van der Waals surface area (Å²) in [5.74, 6) is -2.03. The summed E-state index contributed by atoms with van der Waals surface area (Å²) in [7, 11) is 0. The van der Waals surface area contributed by atoms with Crippen LogP contribution in [0.2, 0.25) is 0 Å². The maximum atomic E-state index is 12.2. The normalized spacial score (nSPS) is 13.8. The van der Waals surface area contributed by atoms with Gasteiger partial charge in [0.15, 0.2) is 0 Å². The third-order valence-corrected chi connectivity index (χ3v) is 3.37. The molecule has 0 radical (unpaired) electrons. The molecule has 1 fully saturated rings. The lowest BCUT2D eigenvalue weighted by atomic mass is 10.1. The molecule has 7 heteroatoms. The van der Waals surface area contributed by atoms with Crippen molar-refractivity contribution in [3.63, 3.8) is 0 Å². The minimum Gasteiger partial charge on any atom is -0.422 e. The van der Waals surface area contributed by atoms with Gasteiger partial charge in [0.1, 0.15) is 11.3 Å². The number of esters is 1. The number of amides is 4. The van der Waals surface area contributed by atoms with E-state index in [0.29, 0.717) is 11.1 Å². The van der Waals surface area contributed by atoms with E-state index in [0.717, 1.165) is 0 Å². The Kier molecular flexibility index (Phi) is 4.38. The third kappa shape index (κ3) is 3.61. The predicted octanol–water partition coefficient (Wildman–Crippen LogP) is 1.66. The Morgan fingerprint density at radius 1 is 0.840 bits per heavy atom.